The van der Waals surface area contributed by atoms with Gasteiger partial charge in [-0.05, 0) is 65.8 Å². The number of ketones is 1. The van der Waals surface area contributed by atoms with Gasteiger partial charge in [-0.3, -0.25) is 4.79 Å². The van der Waals surface area contributed by atoms with Crippen molar-refractivity contribution in [2.75, 3.05) is 25.1 Å². The third-order valence-electron chi connectivity index (χ3n) is 6.96. The van der Waals surface area contributed by atoms with Gasteiger partial charge in [0.05, 0.1) is 17.7 Å². The Morgan fingerprint density at radius 2 is 1.82 bits per heavy atom. The molecule has 0 spiro atoms. The van der Waals surface area contributed by atoms with Crippen LogP contribution >= 0.6 is 0 Å². The van der Waals surface area contributed by atoms with Gasteiger partial charge in [0, 0.05) is 44.5 Å². The fourth-order valence-corrected chi connectivity index (χ4v) is 4.98. The highest BCUT2D eigenvalue weighted by molar-refractivity contribution is 5.91. The van der Waals surface area contributed by atoms with Crippen molar-refractivity contribution in [3.8, 4) is 6.07 Å². The predicted octanol–water partition coefficient (Wildman–Crippen LogP) is 3.85. The van der Waals surface area contributed by atoms with Gasteiger partial charge in [0.2, 0.25) is 0 Å². The molecule has 174 valence electrons. The zero-order chi connectivity index (χ0) is 23.5. The van der Waals surface area contributed by atoms with E-state index in [1.54, 1.807) is 11.0 Å². The number of fused-ring (bicyclic) bond motifs is 1. The van der Waals surface area contributed by atoms with Crippen LogP contribution in [0, 0.1) is 17.2 Å². The smallest absolute Gasteiger partial charge is 0.322 e. The Balaban J connectivity index is 1.18. The van der Waals surface area contributed by atoms with Crippen LogP contribution in [0.5, 0.6) is 0 Å². The van der Waals surface area contributed by atoms with Crippen LogP contribution in [0.25, 0.3) is 5.57 Å². The topological polar surface area (TPSA) is 94.5 Å². The lowest BCUT2D eigenvalue weighted by atomic mass is 9.85. The molecule has 1 unspecified atom stereocenters. The molecule has 2 aromatic rings. The van der Waals surface area contributed by atoms with Crippen LogP contribution in [0.2, 0.25) is 0 Å². The molecule has 0 saturated carbocycles. The molecule has 0 aliphatic carbocycles. The van der Waals surface area contributed by atoms with Crippen molar-refractivity contribution in [2.24, 2.45) is 5.92 Å². The van der Waals surface area contributed by atoms with Gasteiger partial charge in [0.1, 0.15) is 0 Å². The molecule has 3 aliphatic rings. The van der Waals surface area contributed by atoms with Crippen LogP contribution in [-0.2, 0) is 22.6 Å². The highest BCUT2D eigenvalue weighted by atomic mass is 16.5. The molecule has 3 heterocycles. The maximum Gasteiger partial charge on any atom is 0.322 e. The van der Waals surface area contributed by atoms with Crippen molar-refractivity contribution in [1.29, 1.82) is 5.26 Å². The Hall–Kier alpha value is -3.47. The van der Waals surface area contributed by atoms with E-state index in [0.29, 0.717) is 50.6 Å². The van der Waals surface area contributed by atoms with Crippen molar-refractivity contribution in [3.63, 3.8) is 0 Å². The number of amides is 2. The van der Waals surface area contributed by atoms with Crippen molar-refractivity contribution in [3.05, 3.63) is 70.8 Å². The molecule has 1 atom stereocenters. The van der Waals surface area contributed by atoms with E-state index in [9.17, 15) is 9.59 Å². The van der Waals surface area contributed by atoms with Crippen molar-refractivity contribution >= 4 is 23.1 Å². The molecule has 2 aromatic carbocycles. The Morgan fingerprint density at radius 1 is 1.06 bits per heavy atom. The van der Waals surface area contributed by atoms with E-state index < -0.39 is 0 Å². The number of carbonyl (C=O) groups excluding carboxylic acids is 2. The molecule has 1 fully saturated rings. The Kier molecular flexibility index (Phi) is 6.43. The standard InChI is InChI=1S/C27H28N4O3/c28-15-18-1-2-22-16-31(17-23(22)13-18)27(33)30-24-5-3-19(4-6-24)21-7-10-29-25(14-21)26(32)20-8-11-34-12-9-20/h1-7,13,20,25,29H,8-12,14,16-17H2,(H,30,33). The average molecular weight is 457 g/mol. The number of benzene rings is 2. The summed E-state index contributed by atoms with van der Waals surface area (Å²) < 4.78 is 5.40. The lowest BCUT2D eigenvalue weighted by Gasteiger charge is -2.29. The van der Waals surface area contributed by atoms with Gasteiger partial charge in [-0.25, -0.2) is 4.79 Å². The number of hydrogen-bond donors (Lipinski definition) is 2. The number of Topliss-reactive ketones (excluding diaryl/α,β-unsaturated/α-hetero) is 1. The van der Waals surface area contributed by atoms with Gasteiger partial charge in [0.15, 0.2) is 5.78 Å². The average Bonchev–Trinajstić information content (AvgIpc) is 3.33. The summed E-state index contributed by atoms with van der Waals surface area (Å²) in [6.07, 6.45) is 4.44. The highest BCUT2D eigenvalue weighted by Gasteiger charge is 2.30. The summed E-state index contributed by atoms with van der Waals surface area (Å²) in [6.45, 7) is 3.05. The van der Waals surface area contributed by atoms with E-state index >= 15 is 0 Å². The molecule has 7 nitrogen and oxygen atoms in total. The number of hydrogen-bond acceptors (Lipinski definition) is 5. The molecular weight excluding hydrogens is 428 g/mol. The van der Waals surface area contributed by atoms with Crippen LogP contribution in [0.1, 0.15) is 41.5 Å². The normalized spacial score (nSPS) is 20.3. The van der Waals surface area contributed by atoms with Gasteiger partial charge >= 0.3 is 6.03 Å². The first-order chi connectivity index (χ1) is 16.6. The minimum atomic E-state index is -0.161. The summed E-state index contributed by atoms with van der Waals surface area (Å²) in [4.78, 5) is 27.4. The fraction of sp³-hybridized carbons (Fsp3) is 0.370. The van der Waals surface area contributed by atoms with E-state index in [1.165, 1.54) is 0 Å². The minimum Gasteiger partial charge on any atom is -0.381 e. The fourth-order valence-electron chi connectivity index (χ4n) is 4.98. The molecule has 0 radical (unpaired) electrons. The second-order valence-electron chi connectivity index (χ2n) is 9.14. The van der Waals surface area contributed by atoms with E-state index in [2.05, 4.69) is 22.8 Å². The number of anilines is 1. The van der Waals surface area contributed by atoms with Gasteiger partial charge in [-0.15, -0.1) is 0 Å². The van der Waals surface area contributed by atoms with Gasteiger partial charge < -0.3 is 20.3 Å². The van der Waals surface area contributed by atoms with Gasteiger partial charge in [-0.2, -0.15) is 5.26 Å². The Bertz CT molecular complexity index is 1160. The number of urea groups is 1. The number of rotatable bonds is 4. The molecule has 0 bridgehead atoms. The third kappa shape index (κ3) is 4.74. The summed E-state index contributed by atoms with van der Waals surface area (Å²) in [5.74, 6) is 0.387. The lowest BCUT2D eigenvalue weighted by Crippen LogP contribution is -2.43. The zero-order valence-electron chi connectivity index (χ0n) is 19.0. The first kappa shape index (κ1) is 22.3. The summed E-state index contributed by atoms with van der Waals surface area (Å²) in [7, 11) is 0. The van der Waals surface area contributed by atoms with E-state index in [4.69, 9.17) is 10.00 Å². The molecule has 1 saturated heterocycles. The van der Waals surface area contributed by atoms with Crippen LogP contribution in [0.4, 0.5) is 10.5 Å². The van der Waals surface area contributed by atoms with Crippen LogP contribution in [0.3, 0.4) is 0 Å². The SMILES string of the molecule is N#Cc1ccc2c(c1)CN(C(=O)Nc1ccc(C3=CCNC(C(=O)C4CCOCC4)C3)cc1)C2. The largest absolute Gasteiger partial charge is 0.381 e. The van der Waals surface area contributed by atoms with Crippen LogP contribution in [0.15, 0.2) is 48.5 Å². The maximum atomic E-state index is 12.9. The lowest BCUT2D eigenvalue weighted by molar-refractivity contribution is -0.127. The van der Waals surface area contributed by atoms with Crippen molar-refractivity contribution < 1.29 is 14.3 Å². The first-order valence-electron chi connectivity index (χ1n) is 11.8. The van der Waals surface area contributed by atoms with Crippen molar-refractivity contribution in [1.82, 2.24) is 10.2 Å². The van der Waals surface area contributed by atoms with E-state index in [0.717, 1.165) is 40.8 Å². The molecule has 2 N–H and O–H groups in total. The molecule has 0 aromatic heterocycles. The number of nitriles is 1. The van der Waals surface area contributed by atoms with Gasteiger partial charge in [0.25, 0.3) is 0 Å². The predicted molar refractivity (Wildman–Crippen MR) is 129 cm³/mol. The minimum absolute atomic E-state index is 0.0893. The molecule has 3 aliphatic heterocycles. The molecule has 34 heavy (non-hydrogen) atoms. The maximum absolute atomic E-state index is 12.9. The summed E-state index contributed by atoms with van der Waals surface area (Å²) in [5, 5.41) is 15.4. The molecule has 5 rings (SSSR count). The second kappa shape index (κ2) is 9.80. The number of nitrogens with zero attached hydrogens (tertiary/aromatic N) is 2. The summed E-state index contributed by atoms with van der Waals surface area (Å²) >= 11 is 0. The second-order valence-corrected chi connectivity index (χ2v) is 9.14. The van der Waals surface area contributed by atoms with E-state index in [-0.39, 0.29) is 18.0 Å². The number of nitrogens with one attached hydrogen (secondary N) is 2. The Morgan fingerprint density at radius 3 is 2.59 bits per heavy atom. The summed E-state index contributed by atoms with van der Waals surface area (Å²) in [5.41, 5.74) is 5.67. The van der Waals surface area contributed by atoms with Gasteiger partial charge in [-0.1, -0.05) is 24.3 Å². The van der Waals surface area contributed by atoms with Crippen molar-refractivity contribution in [2.45, 2.75) is 38.4 Å². The summed E-state index contributed by atoms with van der Waals surface area (Å²) in [6, 6.07) is 15.2. The zero-order valence-corrected chi connectivity index (χ0v) is 19.0. The van der Waals surface area contributed by atoms with Crippen LogP contribution in [-0.4, -0.2) is 42.5 Å². The third-order valence-corrected chi connectivity index (χ3v) is 6.96. The first-order valence-corrected chi connectivity index (χ1v) is 11.8. The molecule has 2 amide bonds. The number of ether oxygens (including phenoxy) is 1. The monoisotopic (exact) mass is 456 g/mol. The number of carbonyl (C=O) groups is 2. The molecular formula is C27H28N4O3. The Labute approximate surface area is 199 Å². The molecule has 7 heteroatoms. The quantitative estimate of drug-likeness (QED) is 0.729. The highest BCUT2D eigenvalue weighted by Crippen LogP contribution is 2.28. The van der Waals surface area contributed by atoms with Crippen LogP contribution < -0.4 is 10.6 Å². The van der Waals surface area contributed by atoms with E-state index in [1.807, 2.05) is 36.4 Å².